The van der Waals surface area contributed by atoms with E-state index in [4.69, 9.17) is 11.6 Å². The van der Waals surface area contributed by atoms with Crippen LogP contribution in [-0.4, -0.2) is 13.6 Å². The van der Waals surface area contributed by atoms with Crippen LogP contribution in [0.15, 0.2) is 24.3 Å². The molecule has 0 amide bonds. The number of nitrogens with one attached hydrogen (secondary N) is 1. The molecule has 2 heteroatoms. The van der Waals surface area contributed by atoms with Gasteiger partial charge in [-0.15, -0.1) is 0 Å². The minimum Gasteiger partial charge on any atom is -0.319 e. The van der Waals surface area contributed by atoms with Crippen LogP contribution in [0, 0.1) is 5.41 Å². The van der Waals surface area contributed by atoms with E-state index < -0.39 is 0 Å². The molecule has 96 valence electrons. The molecule has 1 aromatic rings. The lowest BCUT2D eigenvalue weighted by Gasteiger charge is -2.23. The summed E-state index contributed by atoms with van der Waals surface area (Å²) < 4.78 is 0. The predicted molar refractivity (Wildman–Crippen MR) is 76.8 cm³/mol. The zero-order valence-corrected chi connectivity index (χ0v) is 12.1. The van der Waals surface area contributed by atoms with Gasteiger partial charge in [0.1, 0.15) is 0 Å². The van der Waals surface area contributed by atoms with Crippen LogP contribution < -0.4 is 5.32 Å². The maximum Gasteiger partial charge on any atom is 0.0406 e. The smallest absolute Gasteiger partial charge is 0.0406 e. The van der Waals surface area contributed by atoms with Crippen LogP contribution in [0.1, 0.15) is 45.1 Å². The molecule has 0 aliphatic rings. The van der Waals surface area contributed by atoms with Crippen molar-refractivity contribution < 1.29 is 0 Å². The fraction of sp³-hybridized carbons (Fsp3) is 0.600. The van der Waals surface area contributed by atoms with Gasteiger partial charge in [-0.2, -0.15) is 0 Å². The minimum atomic E-state index is 0.401. The van der Waals surface area contributed by atoms with Crippen molar-refractivity contribution in [1.82, 2.24) is 5.32 Å². The largest absolute Gasteiger partial charge is 0.319 e. The van der Waals surface area contributed by atoms with Gasteiger partial charge in [-0.25, -0.2) is 0 Å². The topological polar surface area (TPSA) is 12.0 Å². The second-order valence-electron chi connectivity index (χ2n) is 5.91. The van der Waals surface area contributed by atoms with Crippen molar-refractivity contribution >= 4 is 11.6 Å². The Labute approximate surface area is 111 Å². The molecule has 17 heavy (non-hydrogen) atoms. The molecule has 1 unspecified atom stereocenters. The molecule has 0 bridgehead atoms. The number of likely N-dealkylation sites (N-methyl/N-ethyl adjacent to an activating group) is 1. The molecule has 0 aliphatic heterocycles. The van der Waals surface area contributed by atoms with Gasteiger partial charge in [0.2, 0.25) is 0 Å². The monoisotopic (exact) mass is 253 g/mol. The van der Waals surface area contributed by atoms with Crippen molar-refractivity contribution in [3.05, 3.63) is 34.9 Å². The van der Waals surface area contributed by atoms with Crippen LogP contribution in [-0.2, 0) is 0 Å². The summed E-state index contributed by atoms with van der Waals surface area (Å²) in [6.45, 7) is 7.92. The molecule has 0 radical (unpaired) electrons. The highest BCUT2D eigenvalue weighted by Gasteiger charge is 2.16. The predicted octanol–water partition coefficient (Wildman–Crippen LogP) is 4.47. The standard InChI is InChI=1S/C15H24ClN/c1-15(2,3)10-9-13(11-17-4)12-5-7-14(16)8-6-12/h5-8,13,17H,9-11H2,1-4H3. The van der Waals surface area contributed by atoms with Gasteiger partial charge in [-0.1, -0.05) is 44.5 Å². The van der Waals surface area contributed by atoms with Crippen molar-refractivity contribution in [2.45, 2.75) is 39.5 Å². The minimum absolute atomic E-state index is 0.401. The summed E-state index contributed by atoms with van der Waals surface area (Å²) in [7, 11) is 2.01. The van der Waals surface area contributed by atoms with Gasteiger partial charge < -0.3 is 5.32 Å². The first-order valence-corrected chi connectivity index (χ1v) is 6.70. The second kappa shape index (κ2) is 6.42. The third-order valence-corrected chi connectivity index (χ3v) is 3.29. The van der Waals surface area contributed by atoms with Gasteiger partial charge in [-0.3, -0.25) is 0 Å². The fourth-order valence-electron chi connectivity index (χ4n) is 1.98. The van der Waals surface area contributed by atoms with E-state index in [2.05, 4.69) is 38.2 Å². The molecule has 0 heterocycles. The van der Waals surface area contributed by atoms with Gasteiger partial charge in [0, 0.05) is 11.6 Å². The Hall–Kier alpha value is -0.530. The number of rotatable bonds is 5. The SMILES string of the molecule is CNCC(CCC(C)(C)C)c1ccc(Cl)cc1. The molecule has 0 aliphatic carbocycles. The lowest BCUT2D eigenvalue weighted by Crippen LogP contribution is -2.19. The van der Waals surface area contributed by atoms with Crippen LogP contribution >= 0.6 is 11.6 Å². The van der Waals surface area contributed by atoms with Gasteiger partial charge in [0.25, 0.3) is 0 Å². The molecule has 1 rings (SSSR count). The molecule has 0 spiro atoms. The third kappa shape index (κ3) is 5.56. The van der Waals surface area contributed by atoms with E-state index in [0.717, 1.165) is 11.6 Å². The van der Waals surface area contributed by atoms with Gasteiger partial charge >= 0.3 is 0 Å². The molecular formula is C15H24ClN. The van der Waals surface area contributed by atoms with Gasteiger partial charge in [-0.05, 0) is 48.9 Å². The number of halogens is 1. The van der Waals surface area contributed by atoms with Gasteiger partial charge in [0.15, 0.2) is 0 Å². The van der Waals surface area contributed by atoms with E-state index in [1.165, 1.54) is 18.4 Å². The van der Waals surface area contributed by atoms with Crippen LogP contribution in [0.5, 0.6) is 0 Å². The molecular weight excluding hydrogens is 230 g/mol. The number of hydrogen-bond acceptors (Lipinski definition) is 1. The summed E-state index contributed by atoms with van der Waals surface area (Å²) in [6.07, 6.45) is 2.45. The van der Waals surface area contributed by atoms with E-state index in [1.807, 2.05) is 19.2 Å². The summed E-state index contributed by atoms with van der Waals surface area (Å²) in [6, 6.07) is 8.26. The molecule has 0 saturated heterocycles. The van der Waals surface area contributed by atoms with Crippen molar-refractivity contribution in [2.75, 3.05) is 13.6 Å². The molecule has 0 saturated carbocycles. The summed E-state index contributed by atoms with van der Waals surface area (Å²) in [4.78, 5) is 0. The first-order chi connectivity index (χ1) is 7.92. The van der Waals surface area contributed by atoms with E-state index in [9.17, 15) is 0 Å². The Balaban J connectivity index is 2.68. The average molecular weight is 254 g/mol. The molecule has 1 N–H and O–H groups in total. The summed E-state index contributed by atoms with van der Waals surface area (Å²) in [5.41, 5.74) is 1.78. The molecule has 1 aromatic carbocycles. The zero-order valence-electron chi connectivity index (χ0n) is 11.4. The van der Waals surface area contributed by atoms with Crippen molar-refractivity contribution in [1.29, 1.82) is 0 Å². The Kier molecular flexibility index (Phi) is 5.48. The number of hydrogen-bond donors (Lipinski definition) is 1. The third-order valence-electron chi connectivity index (χ3n) is 3.03. The second-order valence-corrected chi connectivity index (χ2v) is 6.34. The normalized spacial score (nSPS) is 13.7. The van der Waals surface area contributed by atoms with Crippen LogP contribution in [0.3, 0.4) is 0 Å². The van der Waals surface area contributed by atoms with E-state index >= 15 is 0 Å². The van der Waals surface area contributed by atoms with Crippen molar-refractivity contribution in [3.63, 3.8) is 0 Å². The average Bonchev–Trinajstić information content (AvgIpc) is 2.24. The van der Waals surface area contributed by atoms with Crippen LogP contribution in [0.25, 0.3) is 0 Å². The van der Waals surface area contributed by atoms with Crippen LogP contribution in [0.4, 0.5) is 0 Å². The van der Waals surface area contributed by atoms with E-state index in [1.54, 1.807) is 0 Å². The molecule has 0 fully saturated rings. The Morgan fingerprint density at radius 3 is 2.24 bits per heavy atom. The summed E-state index contributed by atoms with van der Waals surface area (Å²) in [5, 5.41) is 4.10. The van der Waals surface area contributed by atoms with Crippen LogP contribution in [0.2, 0.25) is 5.02 Å². The maximum atomic E-state index is 5.93. The van der Waals surface area contributed by atoms with E-state index in [-0.39, 0.29) is 0 Å². The lowest BCUT2D eigenvalue weighted by atomic mass is 9.84. The Morgan fingerprint density at radius 2 is 1.76 bits per heavy atom. The molecule has 0 aromatic heterocycles. The Morgan fingerprint density at radius 1 is 1.18 bits per heavy atom. The number of benzene rings is 1. The molecule has 1 nitrogen and oxygen atoms in total. The summed E-state index contributed by atoms with van der Waals surface area (Å²) >= 11 is 5.93. The first kappa shape index (κ1) is 14.5. The highest BCUT2D eigenvalue weighted by atomic mass is 35.5. The van der Waals surface area contributed by atoms with E-state index in [0.29, 0.717) is 11.3 Å². The summed E-state index contributed by atoms with van der Waals surface area (Å²) in [5.74, 6) is 0.580. The van der Waals surface area contributed by atoms with Crippen molar-refractivity contribution in [2.24, 2.45) is 5.41 Å². The first-order valence-electron chi connectivity index (χ1n) is 6.32. The molecule has 1 atom stereocenters. The Bertz CT molecular complexity index is 324. The quantitative estimate of drug-likeness (QED) is 0.817. The van der Waals surface area contributed by atoms with Crippen molar-refractivity contribution in [3.8, 4) is 0 Å². The lowest BCUT2D eigenvalue weighted by molar-refractivity contribution is 0.346. The maximum absolute atomic E-state index is 5.93. The highest BCUT2D eigenvalue weighted by molar-refractivity contribution is 6.30. The highest BCUT2D eigenvalue weighted by Crippen LogP contribution is 2.29. The zero-order chi connectivity index (χ0) is 12.9. The van der Waals surface area contributed by atoms with Gasteiger partial charge in [0.05, 0.1) is 0 Å². The fourth-order valence-corrected chi connectivity index (χ4v) is 2.10.